The molecule has 1 aliphatic heterocycles. The second-order valence-electron chi connectivity index (χ2n) is 5.40. The van der Waals surface area contributed by atoms with E-state index in [0.717, 1.165) is 12.0 Å². The molecule has 0 bridgehead atoms. The largest absolute Gasteiger partial charge is 0.493 e. The molecule has 0 unspecified atom stereocenters. The van der Waals surface area contributed by atoms with E-state index >= 15 is 0 Å². The van der Waals surface area contributed by atoms with Gasteiger partial charge in [-0.2, -0.15) is 0 Å². The van der Waals surface area contributed by atoms with Gasteiger partial charge in [0.05, 0.1) is 19.6 Å². The number of benzene rings is 1. The van der Waals surface area contributed by atoms with Gasteiger partial charge in [-0.15, -0.1) is 0 Å². The first-order chi connectivity index (χ1) is 8.94. The Morgan fingerprint density at radius 2 is 2.21 bits per heavy atom. The van der Waals surface area contributed by atoms with Crippen LogP contribution in [0.5, 0.6) is 5.75 Å². The molecule has 2 rings (SSSR count). The number of carbonyl (C=O) groups is 1. The summed E-state index contributed by atoms with van der Waals surface area (Å²) in [6, 6.07) is 2.80. The summed E-state index contributed by atoms with van der Waals surface area (Å²) in [7, 11) is 0. The van der Waals surface area contributed by atoms with Gasteiger partial charge >= 0.3 is 5.97 Å². The quantitative estimate of drug-likeness (QED) is 0.789. The molecule has 1 aliphatic rings. The van der Waals surface area contributed by atoms with Gasteiger partial charge in [0.1, 0.15) is 11.6 Å². The molecule has 4 heteroatoms. The highest BCUT2D eigenvalue weighted by Crippen LogP contribution is 2.41. The lowest BCUT2D eigenvalue weighted by atomic mass is 9.77. The first-order valence-electron chi connectivity index (χ1n) is 6.55. The standard InChI is InChI=1S/C15H19FO3/c1-4-18-13(17)8-10-7-11(16)9-12-14(10)15(2,3)5-6-19-12/h7,9H,4-6,8H2,1-3H3. The van der Waals surface area contributed by atoms with Crippen molar-refractivity contribution >= 4 is 5.97 Å². The van der Waals surface area contributed by atoms with E-state index in [1.165, 1.54) is 12.1 Å². The molecule has 19 heavy (non-hydrogen) atoms. The number of carbonyl (C=O) groups excluding carboxylic acids is 1. The minimum atomic E-state index is -0.379. The molecule has 1 aromatic rings. The Labute approximate surface area is 112 Å². The summed E-state index contributed by atoms with van der Waals surface area (Å²) in [6.07, 6.45) is 0.933. The van der Waals surface area contributed by atoms with Gasteiger partial charge in [-0.3, -0.25) is 4.79 Å². The molecular weight excluding hydrogens is 247 g/mol. The molecule has 0 aromatic heterocycles. The maximum Gasteiger partial charge on any atom is 0.310 e. The first-order valence-corrected chi connectivity index (χ1v) is 6.55. The van der Waals surface area contributed by atoms with Crippen molar-refractivity contribution in [3.63, 3.8) is 0 Å². The van der Waals surface area contributed by atoms with Crippen molar-refractivity contribution in [2.45, 2.75) is 39.0 Å². The lowest BCUT2D eigenvalue weighted by molar-refractivity contribution is -0.142. The fourth-order valence-corrected chi connectivity index (χ4v) is 2.57. The zero-order valence-electron chi connectivity index (χ0n) is 11.6. The second-order valence-corrected chi connectivity index (χ2v) is 5.40. The van der Waals surface area contributed by atoms with E-state index in [9.17, 15) is 9.18 Å². The normalized spacial score (nSPS) is 16.4. The van der Waals surface area contributed by atoms with Gasteiger partial charge in [0.15, 0.2) is 0 Å². The van der Waals surface area contributed by atoms with Crippen LogP contribution >= 0.6 is 0 Å². The average molecular weight is 266 g/mol. The predicted molar refractivity (Wildman–Crippen MR) is 69.9 cm³/mol. The molecule has 1 aromatic carbocycles. The zero-order chi connectivity index (χ0) is 14.0. The predicted octanol–water partition coefficient (Wildman–Crippen LogP) is 2.99. The molecule has 0 N–H and O–H groups in total. The van der Waals surface area contributed by atoms with Crippen LogP contribution in [0.3, 0.4) is 0 Å². The van der Waals surface area contributed by atoms with Crippen molar-refractivity contribution in [3.8, 4) is 5.75 Å². The summed E-state index contributed by atoms with van der Waals surface area (Å²) in [5.74, 6) is -0.164. The molecule has 0 saturated heterocycles. The fraction of sp³-hybridized carbons (Fsp3) is 0.533. The maximum atomic E-state index is 13.6. The smallest absolute Gasteiger partial charge is 0.310 e. The fourth-order valence-electron chi connectivity index (χ4n) is 2.57. The SMILES string of the molecule is CCOC(=O)Cc1cc(F)cc2c1C(C)(C)CCO2. The molecule has 0 atom stereocenters. The highest BCUT2D eigenvalue weighted by Gasteiger charge is 2.32. The molecule has 1 heterocycles. The van der Waals surface area contributed by atoms with Crippen LogP contribution in [0.1, 0.15) is 38.3 Å². The molecule has 0 saturated carbocycles. The van der Waals surface area contributed by atoms with Crippen molar-refractivity contribution in [3.05, 3.63) is 29.1 Å². The minimum absolute atomic E-state index is 0.0841. The Bertz CT molecular complexity index is 494. The van der Waals surface area contributed by atoms with E-state index in [-0.39, 0.29) is 23.6 Å². The number of fused-ring (bicyclic) bond motifs is 1. The molecule has 3 nitrogen and oxygen atoms in total. The van der Waals surface area contributed by atoms with Crippen LogP contribution in [0.4, 0.5) is 4.39 Å². The summed E-state index contributed by atoms with van der Waals surface area (Å²) >= 11 is 0. The van der Waals surface area contributed by atoms with Crippen molar-refractivity contribution in [1.82, 2.24) is 0 Å². The van der Waals surface area contributed by atoms with Crippen molar-refractivity contribution in [2.75, 3.05) is 13.2 Å². The van der Waals surface area contributed by atoms with E-state index in [2.05, 4.69) is 13.8 Å². The van der Waals surface area contributed by atoms with Crippen molar-refractivity contribution in [1.29, 1.82) is 0 Å². The first kappa shape index (κ1) is 13.8. The Hall–Kier alpha value is -1.58. The molecule has 0 aliphatic carbocycles. The van der Waals surface area contributed by atoms with Crippen LogP contribution in [0.25, 0.3) is 0 Å². The minimum Gasteiger partial charge on any atom is -0.493 e. The van der Waals surface area contributed by atoms with Gasteiger partial charge in [0.2, 0.25) is 0 Å². The van der Waals surface area contributed by atoms with E-state index in [4.69, 9.17) is 9.47 Å². The Kier molecular flexibility index (Phi) is 3.78. The van der Waals surface area contributed by atoms with Crippen LogP contribution in [0.15, 0.2) is 12.1 Å². The molecule has 0 spiro atoms. The van der Waals surface area contributed by atoms with Gasteiger partial charge in [-0.05, 0) is 30.4 Å². The highest BCUT2D eigenvalue weighted by molar-refractivity contribution is 5.74. The number of rotatable bonds is 3. The summed E-state index contributed by atoms with van der Waals surface area (Å²) < 4.78 is 24.1. The second kappa shape index (κ2) is 5.19. The van der Waals surface area contributed by atoms with Crippen molar-refractivity contribution < 1.29 is 18.7 Å². The lowest BCUT2D eigenvalue weighted by Gasteiger charge is -2.34. The monoisotopic (exact) mass is 266 g/mol. The van der Waals surface area contributed by atoms with Crippen LogP contribution in [0.2, 0.25) is 0 Å². The number of ether oxygens (including phenoxy) is 2. The van der Waals surface area contributed by atoms with Crippen LogP contribution < -0.4 is 4.74 Å². The van der Waals surface area contributed by atoms with E-state index in [0.29, 0.717) is 24.5 Å². The topological polar surface area (TPSA) is 35.5 Å². The highest BCUT2D eigenvalue weighted by atomic mass is 19.1. The molecular formula is C15H19FO3. The molecule has 0 radical (unpaired) electrons. The number of hydrogen-bond acceptors (Lipinski definition) is 3. The lowest BCUT2D eigenvalue weighted by Crippen LogP contribution is -2.29. The number of halogens is 1. The van der Waals surface area contributed by atoms with Gasteiger partial charge in [-0.1, -0.05) is 13.8 Å². The average Bonchev–Trinajstić information content (AvgIpc) is 2.27. The van der Waals surface area contributed by atoms with E-state index in [1.54, 1.807) is 6.92 Å². The summed E-state index contributed by atoms with van der Waals surface area (Å²) in [5, 5.41) is 0. The van der Waals surface area contributed by atoms with E-state index < -0.39 is 0 Å². The van der Waals surface area contributed by atoms with Gasteiger partial charge in [0, 0.05) is 11.6 Å². The van der Waals surface area contributed by atoms with Crippen molar-refractivity contribution in [2.24, 2.45) is 0 Å². The van der Waals surface area contributed by atoms with Gasteiger partial charge in [-0.25, -0.2) is 4.39 Å². The zero-order valence-corrected chi connectivity index (χ0v) is 11.6. The summed E-state index contributed by atoms with van der Waals surface area (Å²) in [5.41, 5.74) is 1.47. The number of esters is 1. The van der Waals surface area contributed by atoms with Gasteiger partial charge in [0.25, 0.3) is 0 Å². The van der Waals surface area contributed by atoms with Crippen LogP contribution in [-0.4, -0.2) is 19.2 Å². The molecule has 0 amide bonds. The van der Waals surface area contributed by atoms with E-state index in [1.807, 2.05) is 0 Å². The summed E-state index contributed by atoms with van der Waals surface area (Å²) in [4.78, 5) is 11.6. The molecule has 104 valence electrons. The third kappa shape index (κ3) is 2.88. The van der Waals surface area contributed by atoms with Crippen LogP contribution in [-0.2, 0) is 21.4 Å². The third-order valence-electron chi connectivity index (χ3n) is 3.45. The Balaban J connectivity index is 2.42. The Morgan fingerprint density at radius 3 is 2.89 bits per heavy atom. The summed E-state index contributed by atoms with van der Waals surface area (Å²) in [6.45, 7) is 6.83. The third-order valence-corrected chi connectivity index (χ3v) is 3.45. The number of hydrogen-bond donors (Lipinski definition) is 0. The van der Waals surface area contributed by atoms with Gasteiger partial charge < -0.3 is 9.47 Å². The van der Waals surface area contributed by atoms with Crippen LogP contribution in [0, 0.1) is 5.82 Å². The molecule has 0 fully saturated rings. The maximum absolute atomic E-state index is 13.6. The Morgan fingerprint density at radius 1 is 1.47 bits per heavy atom.